The van der Waals surface area contributed by atoms with E-state index >= 15 is 0 Å². The molecule has 2 fully saturated rings. The van der Waals surface area contributed by atoms with Gasteiger partial charge in [0.05, 0.1) is 16.9 Å². The second-order valence-corrected chi connectivity index (χ2v) is 9.98. The fourth-order valence-electron chi connectivity index (χ4n) is 4.10. The molecule has 2 heterocycles. The fourth-order valence-corrected chi connectivity index (χ4v) is 6.32. The van der Waals surface area contributed by atoms with Gasteiger partial charge in [-0.15, -0.1) is 0 Å². The van der Waals surface area contributed by atoms with Gasteiger partial charge in [0.15, 0.2) is 5.78 Å². The van der Waals surface area contributed by atoms with E-state index in [0.717, 1.165) is 17.0 Å². The average Bonchev–Trinajstić information content (AvgIpc) is 2.90. The van der Waals surface area contributed by atoms with Crippen molar-refractivity contribution in [2.75, 3.05) is 6.54 Å². The Morgan fingerprint density at radius 2 is 1.77 bits per heavy atom. The van der Waals surface area contributed by atoms with Crippen LogP contribution in [0, 0.1) is 5.92 Å². The maximum Gasteiger partial charge on any atom is 0.416 e. The summed E-state index contributed by atoms with van der Waals surface area (Å²) in [7, 11) is -4.24. The van der Waals surface area contributed by atoms with Gasteiger partial charge in [-0.3, -0.25) is 9.59 Å². The number of ketones is 1. The standard InChI is InChI=1S/C20H15ClF3NO4S/c21-15-4-6-16(7-5-15)30(28,29)19-10-17(26)25(19)11-13(18(19)27)8-12-2-1-3-14(9-12)20(22,23)24/h1-7,9,13H,8,10-11H2. The molecule has 1 amide bonds. The second-order valence-electron chi connectivity index (χ2n) is 7.39. The van der Waals surface area contributed by atoms with E-state index in [0.29, 0.717) is 5.02 Å². The zero-order chi connectivity index (χ0) is 21.9. The maximum absolute atomic E-state index is 13.3. The number of β-lactam (4-membered cyclic amide) rings is 1. The predicted octanol–water partition coefficient (Wildman–Crippen LogP) is 3.50. The highest BCUT2D eigenvalue weighted by atomic mass is 35.5. The lowest BCUT2D eigenvalue weighted by Crippen LogP contribution is -2.67. The first-order valence-corrected chi connectivity index (χ1v) is 10.8. The quantitative estimate of drug-likeness (QED) is 0.659. The van der Waals surface area contributed by atoms with Crippen molar-refractivity contribution < 1.29 is 31.2 Å². The predicted molar refractivity (Wildman–Crippen MR) is 101 cm³/mol. The van der Waals surface area contributed by atoms with Gasteiger partial charge in [0.2, 0.25) is 20.6 Å². The number of carbonyl (C=O) groups is 2. The van der Waals surface area contributed by atoms with Crippen LogP contribution in [0.1, 0.15) is 17.5 Å². The molecule has 2 saturated heterocycles. The summed E-state index contributed by atoms with van der Waals surface area (Å²) >= 11 is 5.80. The minimum Gasteiger partial charge on any atom is -0.315 e. The monoisotopic (exact) mass is 457 g/mol. The molecule has 0 aromatic heterocycles. The third-order valence-electron chi connectivity index (χ3n) is 5.59. The Labute approximate surface area is 175 Å². The number of amides is 1. The van der Waals surface area contributed by atoms with Crippen molar-refractivity contribution in [2.45, 2.75) is 28.8 Å². The molecule has 30 heavy (non-hydrogen) atoms. The molecule has 0 spiro atoms. The summed E-state index contributed by atoms with van der Waals surface area (Å²) < 4.78 is 65.4. The van der Waals surface area contributed by atoms with E-state index in [2.05, 4.69) is 0 Å². The van der Waals surface area contributed by atoms with Crippen molar-refractivity contribution in [3.05, 3.63) is 64.7 Å². The Hall–Kier alpha value is -2.39. The first kappa shape index (κ1) is 20.9. The van der Waals surface area contributed by atoms with Gasteiger partial charge >= 0.3 is 6.18 Å². The van der Waals surface area contributed by atoms with Gasteiger partial charge in [0, 0.05) is 17.5 Å². The summed E-state index contributed by atoms with van der Waals surface area (Å²) in [6.45, 7) is -0.152. The van der Waals surface area contributed by atoms with Crippen LogP contribution in [-0.2, 0) is 32.0 Å². The summed E-state index contributed by atoms with van der Waals surface area (Å²) in [6, 6.07) is 9.80. The Kier molecular flexibility index (Phi) is 4.74. The summed E-state index contributed by atoms with van der Waals surface area (Å²) in [4.78, 5) is 24.2. The summed E-state index contributed by atoms with van der Waals surface area (Å²) in [5.41, 5.74) is -0.606. The lowest BCUT2D eigenvalue weighted by atomic mass is 9.92. The van der Waals surface area contributed by atoms with Gasteiger partial charge in [0.1, 0.15) is 0 Å². The van der Waals surface area contributed by atoms with Crippen molar-refractivity contribution in [3.63, 3.8) is 0 Å². The van der Waals surface area contributed by atoms with Crippen molar-refractivity contribution >= 4 is 33.1 Å². The van der Waals surface area contributed by atoms with E-state index in [1.807, 2.05) is 0 Å². The third kappa shape index (κ3) is 3.02. The van der Waals surface area contributed by atoms with Crippen LogP contribution in [0.25, 0.3) is 0 Å². The highest BCUT2D eigenvalue weighted by Gasteiger charge is 2.70. The van der Waals surface area contributed by atoms with Crippen molar-refractivity contribution in [2.24, 2.45) is 5.92 Å². The van der Waals surface area contributed by atoms with E-state index in [9.17, 15) is 31.2 Å². The summed E-state index contributed by atoms with van der Waals surface area (Å²) in [5.74, 6) is -2.07. The molecule has 0 aliphatic carbocycles. The average molecular weight is 458 g/mol. The molecule has 4 rings (SSSR count). The molecule has 2 aliphatic heterocycles. The summed E-state index contributed by atoms with van der Waals surface area (Å²) in [6.07, 6.45) is -5.10. The molecule has 10 heteroatoms. The highest BCUT2D eigenvalue weighted by Crippen LogP contribution is 2.48. The lowest BCUT2D eigenvalue weighted by Gasteiger charge is -2.44. The van der Waals surface area contributed by atoms with Gasteiger partial charge in [0.25, 0.3) is 0 Å². The molecule has 5 nitrogen and oxygen atoms in total. The Bertz CT molecular complexity index is 1150. The fraction of sp³-hybridized carbons (Fsp3) is 0.300. The Morgan fingerprint density at radius 1 is 1.10 bits per heavy atom. The van der Waals surface area contributed by atoms with Crippen molar-refractivity contribution in [3.8, 4) is 0 Å². The summed E-state index contributed by atoms with van der Waals surface area (Å²) in [5, 5.41) is 0.313. The number of fused-ring (bicyclic) bond motifs is 1. The Balaban J connectivity index is 1.67. The van der Waals surface area contributed by atoms with E-state index < -0.39 is 50.5 Å². The first-order valence-electron chi connectivity index (χ1n) is 8.98. The molecule has 2 aromatic rings. The van der Waals surface area contributed by atoms with Gasteiger partial charge < -0.3 is 4.90 Å². The molecule has 0 saturated carbocycles. The molecular weight excluding hydrogens is 443 g/mol. The number of Topliss-reactive ketones (excluding diaryl/α,β-unsaturated/α-hetero) is 1. The topological polar surface area (TPSA) is 71.5 Å². The zero-order valence-corrected chi connectivity index (χ0v) is 16.9. The number of nitrogens with zero attached hydrogens (tertiary/aromatic N) is 1. The van der Waals surface area contributed by atoms with Gasteiger partial charge in [-0.25, -0.2) is 8.42 Å². The SMILES string of the molecule is O=C1CC2(S(=O)(=O)c3ccc(Cl)cc3)C(=O)C(Cc3cccc(C(F)(F)F)c3)CN12. The van der Waals surface area contributed by atoms with E-state index in [4.69, 9.17) is 11.6 Å². The molecule has 0 N–H and O–H groups in total. The van der Waals surface area contributed by atoms with E-state index in [1.54, 1.807) is 0 Å². The molecule has 158 valence electrons. The molecule has 2 aliphatic rings. The molecule has 0 bridgehead atoms. The molecular formula is C20H15ClF3NO4S. The normalized spacial score (nSPS) is 24.0. The number of sulfone groups is 1. The largest absolute Gasteiger partial charge is 0.416 e. The van der Waals surface area contributed by atoms with Crippen LogP contribution < -0.4 is 0 Å². The number of hydrogen-bond acceptors (Lipinski definition) is 4. The number of alkyl halides is 3. The molecule has 2 aromatic carbocycles. The zero-order valence-electron chi connectivity index (χ0n) is 15.3. The molecule has 2 unspecified atom stereocenters. The van der Waals surface area contributed by atoms with Crippen LogP contribution in [-0.4, -0.2) is 36.4 Å². The van der Waals surface area contributed by atoms with Crippen LogP contribution in [0.3, 0.4) is 0 Å². The van der Waals surface area contributed by atoms with Crippen LogP contribution in [0.4, 0.5) is 13.2 Å². The number of hydrogen-bond donors (Lipinski definition) is 0. The van der Waals surface area contributed by atoms with E-state index in [-0.39, 0.29) is 23.4 Å². The van der Waals surface area contributed by atoms with Gasteiger partial charge in [-0.05, 0) is 42.3 Å². The second kappa shape index (κ2) is 6.81. The Morgan fingerprint density at radius 3 is 2.37 bits per heavy atom. The number of halogens is 4. The first-order chi connectivity index (χ1) is 14.0. The van der Waals surface area contributed by atoms with Crippen LogP contribution in [0.15, 0.2) is 53.4 Å². The maximum atomic E-state index is 13.3. The minimum atomic E-state index is -4.53. The van der Waals surface area contributed by atoms with Crippen LogP contribution in [0.2, 0.25) is 5.02 Å². The van der Waals surface area contributed by atoms with Crippen LogP contribution in [0.5, 0.6) is 0 Å². The minimum absolute atomic E-state index is 0.0928. The number of rotatable bonds is 4. The van der Waals surface area contributed by atoms with Gasteiger partial charge in [-0.1, -0.05) is 29.8 Å². The smallest absolute Gasteiger partial charge is 0.315 e. The third-order valence-corrected chi connectivity index (χ3v) is 8.19. The van der Waals surface area contributed by atoms with Crippen LogP contribution >= 0.6 is 11.6 Å². The molecule has 0 radical (unpaired) electrons. The number of benzene rings is 2. The highest BCUT2D eigenvalue weighted by molar-refractivity contribution is 7.93. The van der Waals surface area contributed by atoms with Gasteiger partial charge in [-0.2, -0.15) is 13.2 Å². The number of carbonyl (C=O) groups excluding carboxylic acids is 2. The lowest BCUT2D eigenvalue weighted by molar-refractivity contribution is -0.150. The van der Waals surface area contributed by atoms with E-state index in [1.165, 1.54) is 36.4 Å². The molecule has 2 atom stereocenters. The van der Waals surface area contributed by atoms with Crippen molar-refractivity contribution in [1.82, 2.24) is 4.90 Å². The van der Waals surface area contributed by atoms with Crippen molar-refractivity contribution in [1.29, 1.82) is 0 Å².